The smallest absolute Gasteiger partial charge is 0.417 e. The molecule has 0 aromatic heterocycles. The molecule has 0 bridgehead atoms. The van der Waals surface area contributed by atoms with Crippen molar-refractivity contribution in [2.75, 3.05) is 26.9 Å². The Bertz CT molecular complexity index is 1410. The van der Waals surface area contributed by atoms with E-state index in [-0.39, 0.29) is 30.0 Å². The Kier molecular flexibility index (Phi) is 7.55. The summed E-state index contributed by atoms with van der Waals surface area (Å²) in [6.07, 6.45) is -1.66. The maximum atomic E-state index is 14.2. The first-order valence-corrected chi connectivity index (χ1v) is 13.9. The monoisotopic (exact) mass is 568 g/mol. The molecule has 1 fully saturated rings. The molecule has 0 saturated carbocycles. The first kappa shape index (κ1) is 27.4. The molecule has 3 atom stereocenters. The Morgan fingerprint density at radius 3 is 2.51 bits per heavy atom. The number of hydrogen-bond acceptors (Lipinski definition) is 6. The number of halogens is 3. The SMILES string of the molecule is COC(=O)C[C@@H]1COc2cc(O[C@@H]3CCc4c3ccc(C(F)(F)F)c4-c3ccc(OC[C@@H]4CCCO4)cc3)ccc21. The van der Waals surface area contributed by atoms with Crippen LogP contribution in [-0.2, 0) is 26.9 Å². The van der Waals surface area contributed by atoms with Crippen molar-refractivity contribution < 1.29 is 41.7 Å². The molecule has 2 aliphatic heterocycles. The molecule has 6 nitrogen and oxygen atoms in total. The molecule has 3 aliphatic rings. The third-order valence-corrected chi connectivity index (χ3v) is 8.04. The number of carbonyl (C=O) groups excluding carboxylic acids is 1. The van der Waals surface area contributed by atoms with Gasteiger partial charge >= 0.3 is 12.1 Å². The van der Waals surface area contributed by atoms with Crippen molar-refractivity contribution in [2.45, 2.75) is 56.4 Å². The fourth-order valence-corrected chi connectivity index (χ4v) is 5.99. The summed E-state index contributed by atoms with van der Waals surface area (Å²) in [6, 6.07) is 15.0. The van der Waals surface area contributed by atoms with E-state index in [0.717, 1.165) is 36.6 Å². The molecule has 41 heavy (non-hydrogen) atoms. The summed E-state index contributed by atoms with van der Waals surface area (Å²) in [7, 11) is 1.36. The van der Waals surface area contributed by atoms with Crippen LogP contribution in [0.25, 0.3) is 11.1 Å². The highest BCUT2D eigenvalue weighted by molar-refractivity contribution is 5.75. The zero-order valence-corrected chi connectivity index (χ0v) is 22.7. The van der Waals surface area contributed by atoms with Crippen LogP contribution in [0.1, 0.15) is 60.0 Å². The first-order chi connectivity index (χ1) is 19.8. The van der Waals surface area contributed by atoms with Gasteiger partial charge in [0.1, 0.15) is 30.0 Å². The lowest BCUT2D eigenvalue weighted by atomic mass is 9.91. The maximum absolute atomic E-state index is 14.2. The van der Waals surface area contributed by atoms with Gasteiger partial charge in [-0.15, -0.1) is 0 Å². The van der Waals surface area contributed by atoms with Gasteiger partial charge in [0, 0.05) is 24.2 Å². The van der Waals surface area contributed by atoms with E-state index in [1.807, 2.05) is 12.1 Å². The molecule has 1 saturated heterocycles. The molecule has 6 rings (SSSR count). The molecular formula is C32H31F3O6. The average Bonchev–Trinajstić information content (AvgIpc) is 3.72. The fourth-order valence-electron chi connectivity index (χ4n) is 5.99. The van der Waals surface area contributed by atoms with E-state index in [0.29, 0.717) is 54.4 Å². The Hall–Kier alpha value is -3.72. The third-order valence-electron chi connectivity index (χ3n) is 8.04. The van der Waals surface area contributed by atoms with Crippen molar-refractivity contribution in [3.63, 3.8) is 0 Å². The van der Waals surface area contributed by atoms with Gasteiger partial charge in [-0.1, -0.05) is 24.3 Å². The van der Waals surface area contributed by atoms with Crippen LogP contribution in [0.15, 0.2) is 54.6 Å². The van der Waals surface area contributed by atoms with Crippen LogP contribution in [0.5, 0.6) is 17.2 Å². The minimum atomic E-state index is -4.50. The van der Waals surface area contributed by atoms with Gasteiger partial charge in [-0.2, -0.15) is 13.2 Å². The van der Waals surface area contributed by atoms with Crippen LogP contribution in [0, 0.1) is 0 Å². The third kappa shape index (κ3) is 5.73. The van der Waals surface area contributed by atoms with E-state index in [1.165, 1.54) is 13.2 Å². The van der Waals surface area contributed by atoms with Crippen molar-refractivity contribution >= 4 is 5.97 Å². The minimum Gasteiger partial charge on any atom is -0.492 e. The van der Waals surface area contributed by atoms with Crippen LogP contribution in [0.2, 0.25) is 0 Å². The number of methoxy groups -OCH3 is 1. The maximum Gasteiger partial charge on any atom is 0.417 e. The van der Waals surface area contributed by atoms with E-state index < -0.39 is 17.8 Å². The zero-order valence-electron chi connectivity index (χ0n) is 22.7. The number of benzene rings is 3. The second-order valence-electron chi connectivity index (χ2n) is 10.7. The van der Waals surface area contributed by atoms with E-state index in [9.17, 15) is 18.0 Å². The Morgan fingerprint density at radius 1 is 1.00 bits per heavy atom. The van der Waals surface area contributed by atoms with E-state index in [4.69, 9.17) is 23.7 Å². The average molecular weight is 569 g/mol. The highest BCUT2D eigenvalue weighted by atomic mass is 19.4. The lowest BCUT2D eigenvalue weighted by Gasteiger charge is -2.20. The summed E-state index contributed by atoms with van der Waals surface area (Å²) in [6.45, 7) is 1.53. The molecule has 3 aromatic rings. The molecule has 2 heterocycles. The standard InChI is InChI=1S/C32H31F3O6/c1-37-30(36)15-20-17-40-29-16-22(8-9-24(20)29)41-28-13-11-26-25(28)10-12-27(32(33,34)35)31(26)19-4-6-21(7-5-19)39-18-23-3-2-14-38-23/h4-10,12,16,20,23,28H,2-3,11,13-15,17-18H2,1H3/t20-,23+,28-/m1/s1. The van der Waals surface area contributed by atoms with Gasteiger partial charge in [0.15, 0.2) is 0 Å². The molecule has 216 valence electrons. The second-order valence-corrected chi connectivity index (χ2v) is 10.7. The van der Waals surface area contributed by atoms with Crippen molar-refractivity contribution in [3.05, 3.63) is 76.9 Å². The number of carbonyl (C=O) groups is 1. The minimum absolute atomic E-state index is 0.0550. The lowest BCUT2D eigenvalue weighted by molar-refractivity contribution is -0.141. The number of ether oxygens (including phenoxy) is 5. The summed E-state index contributed by atoms with van der Waals surface area (Å²) in [5.41, 5.74) is 2.32. The quantitative estimate of drug-likeness (QED) is 0.272. The highest BCUT2D eigenvalue weighted by Gasteiger charge is 2.38. The second kappa shape index (κ2) is 11.3. The molecule has 0 N–H and O–H groups in total. The summed E-state index contributed by atoms with van der Waals surface area (Å²) < 4.78 is 70.8. The lowest BCUT2D eigenvalue weighted by Crippen LogP contribution is -2.16. The Morgan fingerprint density at radius 2 is 1.78 bits per heavy atom. The summed E-state index contributed by atoms with van der Waals surface area (Å²) in [4.78, 5) is 11.7. The summed E-state index contributed by atoms with van der Waals surface area (Å²) in [5.74, 6) is 1.41. The van der Waals surface area contributed by atoms with E-state index in [1.54, 1.807) is 30.3 Å². The Balaban J connectivity index is 1.23. The number of fused-ring (bicyclic) bond motifs is 2. The summed E-state index contributed by atoms with van der Waals surface area (Å²) in [5, 5.41) is 0. The summed E-state index contributed by atoms with van der Waals surface area (Å²) >= 11 is 0. The molecule has 0 amide bonds. The molecule has 9 heteroatoms. The van der Waals surface area contributed by atoms with Gasteiger partial charge in [0.05, 0.1) is 31.8 Å². The van der Waals surface area contributed by atoms with Crippen LogP contribution >= 0.6 is 0 Å². The number of esters is 1. The van der Waals surface area contributed by atoms with Gasteiger partial charge < -0.3 is 23.7 Å². The van der Waals surface area contributed by atoms with Crippen molar-refractivity contribution in [1.82, 2.24) is 0 Å². The van der Waals surface area contributed by atoms with Gasteiger partial charge in [-0.3, -0.25) is 4.79 Å². The first-order valence-electron chi connectivity index (χ1n) is 13.9. The normalized spacial score (nSPS) is 21.2. The van der Waals surface area contributed by atoms with Crippen LogP contribution in [0.3, 0.4) is 0 Å². The zero-order chi connectivity index (χ0) is 28.6. The van der Waals surface area contributed by atoms with Gasteiger partial charge in [-0.25, -0.2) is 0 Å². The van der Waals surface area contributed by atoms with Gasteiger partial charge in [-0.05, 0) is 72.2 Å². The van der Waals surface area contributed by atoms with Crippen LogP contribution < -0.4 is 14.2 Å². The molecule has 0 radical (unpaired) electrons. The topological polar surface area (TPSA) is 63.2 Å². The van der Waals surface area contributed by atoms with Crippen LogP contribution in [-0.4, -0.2) is 39.0 Å². The Labute approximate surface area is 236 Å². The fraction of sp³-hybridized carbons (Fsp3) is 0.406. The molecule has 1 aliphatic carbocycles. The highest BCUT2D eigenvalue weighted by Crippen LogP contribution is 2.47. The molecule has 0 unspecified atom stereocenters. The largest absolute Gasteiger partial charge is 0.492 e. The van der Waals surface area contributed by atoms with E-state index in [2.05, 4.69) is 0 Å². The number of hydrogen-bond donors (Lipinski definition) is 0. The van der Waals surface area contributed by atoms with Crippen LogP contribution in [0.4, 0.5) is 13.2 Å². The molecule has 3 aromatic carbocycles. The van der Waals surface area contributed by atoms with E-state index >= 15 is 0 Å². The predicted molar refractivity (Wildman–Crippen MR) is 144 cm³/mol. The molecule has 0 spiro atoms. The molecular weight excluding hydrogens is 537 g/mol. The van der Waals surface area contributed by atoms with Gasteiger partial charge in [0.2, 0.25) is 0 Å². The van der Waals surface area contributed by atoms with Crippen molar-refractivity contribution in [1.29, 1.82) is 0 Å². The number of alkyl halides is 3. The van der Waals surface area contributed by atoms with Crippen molar-refractivity contribution in [2.24, 2.45) is 0 Å². The predicted octanol–water partition coefficient (Wildman–Crippen LogP) is 7.04. The van der Waals surface area contributed by atoms with Crippen molar-refractivity contribution in [3.8, 4) is 28.4 Å². The van der Waals surface area contributed by atoms with Gasteiger partial charge in [0.25, 0.3) is 0 Å². The number of rotatable bonds is 8.